The van der Waals surface area contributed by atoms with E-state index in [0.29, 0.717) is 0 Å². The molecule has 94 valence electrons. The van der Waals surface area contributed by atoms with Crippen molar-refractivity contribution < 1.29 is 14.6 Å². The molecule has 16 heavy (non-hydrogen) atoms. The Morgan fingerprint density at radius 3 is 1.94 bits per heavy atom. The summed E-state index contributed by atoms with van der Waals surface area (Å²) < 4.78 is 5.87. The van der Waals surface area contributed by atoms with E-state index in [0.717, 1.165) is 0 Å². The normalized spacial score (nSPS) is 18.7. The van der Waals surface area contributed by atoms with Crippen LogP contribution in [0.2, 0.25) is 18.1 Å². The molecule has 3 atom stereocenters. The standard InChI is InChI=1S/C12H24O3Si/c1-8-10(11(14)9(2)13)15-16(6,7)12(3,4)5/h1,9-11,13-14H,2-7H3/t9-,10?,11+/m1/s1. The van der Waals surface area contributed by atoms with Crippen LogP contribution in [0.15, 0.2) is 0 Å². The van der Waals surface area contributed by atoms with Gasteiger partial charge in [0.15, 0.2) is 8.32 Å². The van der Waals surface area contributed by atoms with Crippen molar-refractivity contribution in [2.24, 2.45) is 0 Å². The molecule has 0 bridgehead atoms. The van der Waals surface area contributed by atoms with E-state index < -0.39 is 26.6 Å². The summed E-state index contributed by atoms with van der Waals surface area (Å²) in [4.78, 5) is 0. The lowest BCUT2D eigenvalue weighted by Gasteiger charge is -2.39. The van der Waals surface area contributed by atoms with Gasteiger partial charge in [0.2, 0.25) is 0 Å². The van der Waals surface area contributed by atoms with Crippen molar-refractivity contribution in [2.45, 2.75) is 64.1 Å². The maximum atomic E-state index is 9.72. The van der Waals surface area contributed by atoms with Crippen molar-refractivity contribution in [3.05, 3.63) is 0 Å². The van der Waals surface area contributed by atoms with Gasteiger partial charge in [0.05, 0.1) is 6.10 Å². The second-order valence-corrected chi connectivity index (χ2v) is 10.5. The lowest BCUT2D eigenvalue weighted by atomic mass is 10.1. The second kappa shape index (κ2) is 5.33. The maximum absolute atomic E-state index is 9.72. The van der Waals surface area contributed by atoms with Crippen LogP contribution in [-0.2, 0) is 4.43 Å². The predicted molar refractivity (Wildman–Crippen MR) is 68.6 cm³/mol. The molecule has 0 heterocycles. The van der Waals surface area contributed by atoms with Gasteiger partial charge in [0, 0.05) is 0 Å². The fourth-order valence-electron chi connectivity index (χ4n) is 0.949. The maximum Gasteiger partial charge on any atom is 0.193 e. The van der Waals surface area contributed by atoms with Gasteiger partial charge in [-0.2, -0.15) is 0 Å². The van der Waals surface area contributed by atoms with Crippen molar-refractivity contribution >= 4 is 8.32 Å². The van der Waals surface area contributed by atoms with Crippen LogP contribution in [0.25, 0.3) is 0 Å². The molecule has 0 fully saturated rings. The number of terminal acetylenes is 1. The van der Waals surface area contributed by atoms with Gasteiger partial charge in [-0.3, -0.25) is 0 Å². The Morgan fingerprint density at radius 1 is 1.25 bits per heavy atom. The van der Waals surface area contributed by atoms with Crippen molar-refractivity contribution in [2.75, 3.05) is 0 Å². The molecule has 0 saturated heterocycles. The molecule has 0 aliphatic rings. The Hall–Kier alpha value is -0.343. The van der Waals surface area contributed by atoms with Gasteiger partial charge in [0.1, 0.15) is 12.2 Å². The Morgan fingerprint density at radius 2 is 1.69 bits per heavy atom. The van der Waals surface area contributed by atoms with Crippen LogP contribution in [-0.4, -0.2) is 36.8 Å². The first-order valence-corrected chi connectivity index (χ1v) is 8.44. The van der Waals surface area contributed by atoms with E-state index in [2.05, 4.69) is 39.8 Å². The lowest BCUT2D eigenvalue weighted by Crippen LogP contribution is -2.48. The zero-order valence-corrected chi connectivity index (χ0v) is 12.1. The van der Waals surface area contributed by atoms with E-state index in [1.807, 2.05) is 0 Å². The molecule has 0 spiro atoms. The van der Waals surface area contributed by atoms with E-state index >= 15 is 0 Å². The molecule has 0 aliphatic heterocycles. The Kier molecular flexibility index (Phi) is 5.21. The third kappa shape index (κ3) is 3.91. The minimum atomic E-state index is -2.01. The first-order chi connectivity index (χ1) is 7.03. The molecular formula is C12H24O3Si. The quantitative estimate of drug-likeness (QED) is 0.585. The largest absolute Gasteiger partial charge is 0.401 e. The van der Waals surface area contributed by atoms with Crippen LogP contribution in [0.1, 0.15) is 27.7 Å². The Labute approximate surface area is 100.0 Å². The smallest absolute Gasteiger partial charge is 0.193 e. The van der Waals surface area contributed by atoms with Gasteiger partial charge in [0.25, 0.3) is 0 Å². The number of hydrogen-bond donors (Lipinski definition) is 2. The summed E-state index contributed by atoms with van der Waals surface area (Å²) in [7, 11) is -2.01. The first-order valence-electron chi connectivity index (χ1n) is 5.53. The Balaban J connectivity index is 4.76. The molecule has 2 N–H and O–H groups in total. The van der Waals surface area contributed by atoms with E-state index in [4.69, 9.17) is 10.8 Å². The van der Waals surface area contributed by atoms with E-state index in [1.54, 1.807) is 0 Å². The average molecular weight is 244 g/mol. The SMILES string of the molecule is C#CC(O[Si](C)(C)C(C)(C)C)[C@@H](O)[C@@H](C)O. The number of rotatable bonds is 4. The van der Waals surface area contributed by atoms with Gasteiger partial charge in [-0.15, -0.1) is 6.42 Å². The highest BCUT2D eigenvalue weighted by atomic mass is 28.4. The first kappa shape index (κ1) is 15.7. The summed E-state index contributed by atoms with van der Waals surface area (Å²) in [6.45, 7) is 11.9. The van der Waals surface area contributed by atoms with Crippen LogP contribution in [0, 0.1) is 12.3 Å². The van der Waals surface area contributed by atoms with Gasteiger partial charge < -0.3 is 14.6 Å². The lowest BCUT2D eigenvalue weighted by molar-refractivity contribution is -0.0247. The van der Waals surface area contributed by atoms with Crippen LogP contribution in [0.3, 0.4) is 0 Å². The van der Waals surface area contributed by atoms with Crippen molar-refractivity contribution in [1.82, 2.24) is 0 Å². The molecule has 0 radical (unpaired) electrons. The molecule has 1 unspecified atom stereocenters. The van der Waals surface area contributed by atoms with E-state index in [1.165, 1.54) is 6.92 Å². The third-order valence-corrected chi connectivity index (χ3v) is 7.65. The summed E-state index contributed by atoms with van der Waals surface area (Å²) in [6.07, 6.45) is 2.69. The van der Waals surface area contributed by atoms with Crippen LogP contribution < -0.4 is 0 Å². The summed E-state index contributed by atoms with van der Waals surface area (Å²) in [6, 6.07) is 0. The van der Waals surface area contributed by atoms with Crippen LogP contribution in [0.4, 0.5) is 0 Å². The molecule has 0 aliphatic carbocycles. The van der Waals surface area contributed by atoms with Gasteiger partial charge >= 0.3 is 0 Å². The molecule has 3 nitrogen and oxygen atoms in total. The zero-order valence-electron chi connectivity index (χ0n) is 11.1. The third-order valence-electron chi connectivity index (χ3n) is 3.20. The second-order valence-electron chi connectivity index (χ2n) is 5.70. The molecule has 0 aromatic heterocycles. The highest BCUT2D eigenvalue weighted by molar-refractivity contribution is 6.74. The highest BCUT2D eigenvalue weighted by Crippen LogP contribution is 2.37. The van der Waals surface area contributed by atoms with E-state index in [-0.39, 0.29) is 5.04 Å². The average Bonchev–Trinajstić information content (AvgIpc) is 2.11. The van der Waals surface area contributed by atoms with Crippen LogP contribution >= 0.6 is 0 Å². The molecule has 0 rings (SSSR count). The minimum absolute atomic E-state index is 0.0283. The van der Waals surface area contributed by atoms with Crippen molar-refractivity contribution in [1.29, 1.82) is 0 Å². The Bertz CT molecular complexity index is 260. The van der Waals surface area contributed by atoms with E-state index in [9.17, 15) is 10.2 Å². The number of aliphatic hydroxyl groups is 2. The summed E-state index contributed by atoms with van der Waals surface area (Å²) in [5.74, 6) is 2.41. The van der Waals surface area contributed by atoms with Crippen LogP contribution in [0.5, 0.6) is 0 Å². The minimum Gasteiger partial charge on any atom is -0.401 e. The van der Waals surface area contributed by atoms with Gasteiger partial charge in [-0.05, 0) is 25.1 Å². The predicted octanol–water partition coefficient (Wildman–Crippen LogP) is 1.75. The zero-order chi connectivity index (χ0) is 13.1. The molecule has 0 saturated carbocycles. The van der Waals surface area contributed by atoms with Crippen molar-refractivity contribution in [3.8, 4) is 12.3 Å². The molecule has 0 aromatic carbocycles. The molecule has 4 heteroatoms. The number of aliphatic hydroxyl groups excluding tert-OH is 2. The number of hydrogen-bond acceptors (Lipinski definition) is 3. The summed E-state index contributed by atoms with van der Waals surface area (Å²) in [5, 5.41) is 19.1. The summed E-state index contributed by atoms with van der Waals surface area (Å²) >= 11 is 0. The van der Waals surface area contributed by atoms with Gasteiger partial charge in [-0.1, -0.05) is 26.7 Å². The highest BCUT2D eigenvalue weighted by Gasteiger charge is 2.40. The fourth-order valence-corrected chi connectivity index (χ4v) is 2.15. The summed E-state index contributed by atoms with van der Waals surface area (Å²) in [5.41, 5.74) is 0. The van der Waals surface area contributed by atoms with Gasteiger partial charge in [-0.25, -0.2) is 0 Å². The monoisotopic (exact) mass is 244 g/mol. The van der Waals surface area contributed by atoms with Crippen molar-refractivity contribution in [3.63, 3.8) is 0 Å². The topological polar surface area (TPSA) is 49.7 Å². The molecule has 0 amide bonds. The fraction of sp³-hybridized carbons (Fsp3) is 0.833. The molecule has 0 aromatic rings. The molecular weight excluding hydrogens is 220 g/mol.